The van der Waals surface area contributed by atoms with Crippen LogP contribution in [0, 0.1) is 0 Å². The maximum atomic E-state index is 11.7. The molecule has 1 amide bonds. The van der Waals surface area contributed by atoms with Gasteiger partial charge in [0.2, 0.25) is 5.91 Å². The number of rotatable bonds is 7. The number of amides is 1. The number of likely N-dealkylation sites (tertiary alicyclic amines) is 1. The van der Waals surface area contributed by atoms with Crippen LogP contribution >= 0.6 is 0 Å². The summed E-state index contributed by atoms with van der Waals surface area (Å²) in [6, 6.07) is 0. The summed E-state index contributed by atoms with van der Waals surface area (Å²) in [5.41, 5.74) is 5.41. The number of carbonyl (C=O) groups is 1. The average Bonchev–Trinajstić information content (AvgIpc) is 2.37. The Morgan fingerprint density at radius 2 is 2.12 bits per heavy atom. The van der Waals surface area contributed by atoms with Crippen molar-refractivity contribution in [3.8, 4) is 0 Å². The molecule has 0 bridgehead atoms. The van der Waals surface area contributed by atoms with Crippen molar-refractivity contribution in [2.75, 3.05) is 39.5 Å². The van der Waals surface area contributed by atoms with Crippen LogP contribution in [0.2, 0.25) is 0 Å². The number of ether oxygens (including phenoxy) is 2. The third-order valence-corrected chi connectivity index (χ3v) is 2.93. The van der Waals surface area contributed by atoms with E-state index in [4.69, 9.17) is 15.2 Å². The van der Waals surface area contributed by atoms with E-state index in [0.29, 0.717) is 13.2 Å². The molecule has 17 heavy (non-hydrogen) atoms. The summed E-state index contributed by atoms with van der Waals surface area (Å²) in [6.07, 6.45) is 3.03. The number of piperidine rings is 1. The van der Waals surface area contributed by atoms with Crippen LogP contribution in [0.5, 0.6) is 0 Å². The molecule has 5 heteroatoms. The van der Waals surface area contributed by atoms with Gasteiger partial charge in [-0.1, -0.05) is 0 Å². The third-order valence-electron chi connectivity index (χ3n) is 2.93. The number of hydrogen-bond donors (Lipinski definition) is 1. The molecule has 5 nitrogen and oxygen atoms in total. The molecule has 1 fully saturated rings. The highest BCUT2D eigenvalue weighted by molar-refractivity contribution is 5.77. The Labute approximate surface area is 103 Å². The number of nitrogens with two attached hydrogens (primary N) is 1. The fourth-order valence-corrected chi connectivity index (χ4v) is 1.89. The lowest BCUT2D eigenvalue weighted by Gasteiger charge is -2.31. The van der Waals surface area contributed by atoms with E-state index < -0.39 is 0 Å². The highest BCUT2D eigenvalue weighted by Gasteiger charge is 2.22. The van der Waals surface area contributed by atoms with Crippen LogP contribution < -0.4 is 5.73 Å². The topological polar surface area (TPSA) is 64.8 Å². The highest BCUT2D eigenvalue weighted by Crippen LogP contribution is 2.14. The molecule has 1 aliphatic rings. The number of hydrogen-bond acceptors (Lipinski definition) is 4. The average molecular weight is 244 g/mol. The minimum atomic E-state index is 0.0901. The maximum absolute atomic E-state index is 11.7. The number of nitrogens with zero attached hydrogens (tertiary/aromatic N) is 1. The van der Waals surface area contributed by atoms with Gasteiger partial charge >= 0.3 is 0 Å². The van der Waals surface area contributed by atoms with E-state index in [1.807, 2.05) is 11.8 Å². The molecule has 0 aromatic rings. The molecular formula is C12H24N2O3. The van der Waals surface area contributed by atoms with Gasteiger partial charge < -0.3 is 20.1 Å². The van der Waals surface area contributed by atoms with E-state index in [1.165, 1.54) is 0 Å². The normalized spacial score (nSPS) is 17.4. The fourth-order valence-electron chi connectivity index (χ4n) is 1.89. The van der Waals surface area contributed by atoms with E-state index in [2.05, 4.69) is 0 Å². The van der Waals surface area contributed by atoms with Gasteiger partial charge in [0.05, 0.1) is 6.10 Å². The second-order valence-electron chi connectivity index (χ2n) is 4.23. The van der Waals surface area contributed by atoms with Crippen molar-refractivity contribution in [3.05, 3.63) is 0 Å². The van der Waals surface area contributed by atoms with Crippen LogP contribution in [0.15, 0.2) is 0 Å². The van der Waals surface area contributed by atoms with Crippen LogP contribution in [-0.2, 0) is 14.3 Å². The molecule has 0 aromatic carbocycles. The van der Waals surface area contributed by atoms with E-state index in [1.54, 1.807) is 0 Å². The zero-order chi connectivity index (χ0) is 12.5. The molecule has 0 aromatic heterocycles. The molecule has 0 aliphatic carbocycles. The quantitative estimate of drug-likeness (QED) is 0.658. The molecule has 2 N–H and O–H groups in total. The highest BCUT2D eigenvalue weighted by atomic mass is 16.5. The van der Waals surface area contributed by atoms with Crippen LogP contribution in [0.25, 0.3) is 0 Å². The molecule has 100 valence electrons. The summed E-state index contributed by atoms with van der Waals surface area (Å²) in [5.74, 6) is 0.0901. The summed E-state index contributed by atoms with van der Waals surface area (Å²) in [5, 5.41) is 0. The van der Waals surface area contributed by atoms with Gasteiger partial charge in [-0.2, -0.15) is 0 Å². The van der Waals surface area contributed by atoms with Crippen LogP contribution in [-0.4, -0.2) is 56.4 Å². The molecule has 1 aliphatic heterocycles. The number of carbonyl (C=O) groups excluding carboxylic acids is 1. The third kappa shape index (κ3) is 5.48. The van der Waals surface area contributed by atoms with Gasteiger partial charge in [0.1, 0.15) is 6.61 Å². The van der Waals surface area contributed by atoms with Gasteiger partial charge in [-0.05, 0) is 32.7 Å². The standard InChI is InChI=1S/C12H24N2O3/c1-2-16-10-12(15)14-7-4-11(5-8-14)17-9-3-6-13/h11H,2-10,13H2,1H3. The first kappa shape index (κ1) is 14.4. The van der Waals surface area contributed by atoms with Gasteiger partial charge in [0.15, 0.2) is 0 Å². The largest absolute Gasteiger partial charge is 0.378 e. The zero-order valence-electron chi connectivity index (χ0n) is 10.7. The fraction of sp³-hybridized carbons (Fsp3) is 0.917. The van der Waals surface area contributed by atoms with Crippen molar-refractivity contribution in [1.29, 1.82) is 0 Å². The van der Waals surface area contributed by atoms with Crippen molar-refractivity contribution in [2.45, 2.75) is 32.3 Å². The Balaban J connectivity index is 2.14. The van der Waals surface area contributed by atoms with Gasteiger partial charge in [-0.15, -0.1) is 0 Å². The monoisotopic (exact) mass is 244 g/mol. The molecule has 0 saturated carbocycles. The van der Waals surface area contributed by atoms with Crippen molar-refractivity contribution < 1.29 is 14.3 Å². The van der Waals surface area contributed by atoms with Crippen LogP contribution in [0.3, 0.4) is 0 Å². The summed E-state index contributed by atoms with van der Waals surface area (Å²) < 4.78 is 10.8. The maximum Gasteiger partial charge on any atom is 0.248 e. The van der Waals surface area contributed by atoms with Crippen molar-refractivity contribution in [3.63, 3.8) is 0 Å². The first-order valence-corrected chi connectivity index (χ1v) is 6.45. The molecule has 1 rings (SSSR count). The smallest absolute Gasteiger partial charge is 0.248 e. The predicted molar refractivity (Wildman–Crippen MR) is 65.7 cm³/mol. The summed E-state index contributed by atoms with van der Waals surface area (Å²) in [6.45, 7) is 5.64. The van der Waals surface area contributed by atoms with Crippen molar-refractivity contribution >= 4 is 5.91 Å². The van der Waals surface area contributed by atoms with E-state index >= 15 is 0 Å². The Morgan fingerprint density at radius 3 is 2.71 bits per heavy atom. The second kappa shape index (κ2) is 8.44. The molecule has 0 spiro atoms. The zero-order valence-corrected chi connectivity index (χ0v) is 10.7. The molecule has 1 heterocycles. The van der Waals surface area contributed by atoms with Gasteiger partial charge in [0, 0.05) is 26.3 Å². The Kier molecular flexibility index (Phi) is 7.16. The Bertz CT molecular complexity index is 216. The summed E-state index contributed by atoms with van der Waals surface area (Å²) in [4.78, 5) is 13.5. The van der Waals surface area contributed by atoms with E-state index in [9.17, 15) is 4.79 Å². The SMILES string of the molecule is CCOCC(=O)N1CCC(OCCCN)CC1. The molecule has 1 saturated heterocycles. The van der Waals surface area contributed by atoms with Crippen LogP contribution in [0.1, 0.15) is 26.2 Å². The van der Waals surface area contributed by atoms with E-state index in [0.717, 1.165) is 39.0 Å². The minimum absolute atomic E-state index is 0.0901. The Morgan fingerprint density at radius 1 is 1.41 bits per heavy atom. The first-order chi connectivity index (χ1) is 8.27. The predicted octanol–water partition coefficient (Wildman–Crippen LogP) is 0.379. The second-order valence-corrected chi connectivity index (χ2v) is 4.23. The molecular weight excluding hydrogens is 220 g/mol. The summed E-state index contributed by atoms with van der Waals surface area (Å²) in [7, 11) is 0. The molecule has 0 radical (unpaired) electrons. The lowest BCUT2D eigenvalue weighted by atomic mass is 10.1. The minimum Gasteiger partial charge on any atom is -0.378 e. The van der Waals surface area contributed by atoms with E-state index in [-0.39, 0.29) is 18.6 Å². The van der Waals surface area contributed by atoms with Gasteiger partial charge in [-0.25, -0.2) is 0 Å². The van der Waals surface area contributed by atoms with Gasteiger partial charge in [-0.3, -0.25) is 4.79 Å². The van der Waals surface area contributed by atoms with Crippen LogP contribution in [0.4, 0.5) is 0 Å². The first-order valence-electron chi connectivity index (χ1n) is 6.45. The van der Waals surface area contributed by atoms with Crippen molar-refractivity contribution in [1.82, 2.24) is 4.90 Å². The Hall–Kier alpha value is -0.650. The molecule has 0 unspecified atom stereocenters. The summed E-state index contributed by atoms with van der Waals surface area (Å²) >= 11 is 0. The molecule has 0 atom stereocenters. The lowest BCUT2D eigenvalue weighted by molar-refractivity contribution is -0.138. The van der Waals surface area contributed by atoms with Crippen molar-refractivity contribution in [2.24, 2.45) is 5.73 Å². The van der Waals surface area contributed by atoms with Gasteiger partial charge in [0.25, 0.3) is 0 Å². The lowest BCUT2D eigenvalue weighted by Crippen LogP contribution is -2.42.